The van der Waals surface area contributed by atoms with Gasteiger partial charge in [-0.1, -0.05) is 18.9 Å². The molecule has 1 aromatic carbocycles. The van der Waals surface area contributed by atoms with E-state index in [-0.39, 0.29) is 12.1 Å². The van der Waals surface area contributed by atoms with Gasteiger partial charge in [0.05, 0.1) is 31.0 Å². The van der Waals surface area contributed by atoms with Crippen molar-refractivity contribution in [3.05, 3.63) is 78.4 Å². The molecule has 3 fully saturated rings. The first-order valence-corrected chi connectivity index (χ1v) is 12.8. The summed E-state index contributed by atoms with van der Waals surface area (Å²) >= 11 is 5.90. The Balaban J connectivity index is 1.34. The van der Waals surface area contributed by atoms with Gasteiger partial charge in [-0.3, -0.25) is 4.98 Å². The van der Waals surface area contributed by atoms with Gasteiger partial charge in [0.1, 0.15) is 0 Å². The SMILES string of the molecule is S=C1N[C@H](c2ccccn2)[C@@H](c2ccn(C3CCCC3)c2)N1c1ccc(N2CCOCC2)cc1. The fourth-order valence-electron chi connectivity index (χ4n) is 5.65. The number of rotatable bonds is 5. The Hall–Kier alpha value is -2.90. The van der Waals surface area contributed by atoms with Crippen molar-refractivity contribution in [2.75, 3.05) is 36.1 Å². The zero-order valence-corrected chi connectivity index (χ0v) is 20.2. The number of hydrogen-bond acceptors (Lipinski definition) is 4. The summed E-state index contributed by atoms with van der Waals surface area (Å²) in [7, 11) is 0. The Labute approximate surface area is 206 Å². The van der Waals surface area contributed by atoms with Crippen LogP contribution in [0.2, 0.25) is 0 Å². The highest BCUT2D eigenvalue weighted by atomic mass is 32.1. The summed E-state index contributed by atoms with van der Waals surface area (Å²) in [5.74, 6) is 0. The maximum atomic E-state index is 5.90. The number of aromatic nitrogens is 2. The lowest BCUT2D eigenvalue weighted by Gasteiger charge is -2.30. The number of hydrogen-bond donors (Lipinski definition) is 1. The van der Waals surface area contributed by atoms with Crippen molar-refractivity contribution in [2.45, 2.75) is 43.8 Å². The number of pyridine rings is 1. The number of nitrogens with zero attached hydrogens (tertiary/aromatic N) is 4. The molecule has 6 nitrogen and oxygen atoms in total. The molecule has 1 aliphatic carbocycles. The molecular formula is C27H31N5OS. The van der Waals surface area contributed by atoms with Crippen molar-refractivity contribution in [3.8, 4) is 0 Å². The standard InChI is InChI=1S/C27H31N5OS/c34-27-29-25(24-7-3-4-13-28-24)26(20-12-14-31(19-20)21-5-1-2-6-21)32(27)23-10-8-22(9-11-23)30-15-17-33-18-16-30/h3-4,7-14,19,21,25-26H,1-2,5-6,15-18H2,(H,29,34)/t25-,26-/m1/s1. The monoisotopic (exact) mass is 473 g/mol. The molecule has 0 spiro atoms. The molecule has 2 atom stereocenters. The summed E-state index contributed by atoms with van der Waals surface area (Å²) in [6, 6.07) is 17.8. The molecule has 7 heteroatoms. The molecule has 3 aliphatic rings. The van der Waals surface area contributed by atoms with Crippen LogP contribution >= 0.6 is 12.2 Å². The van der Waals surface area contributed by atoms with Crippen molar-refractivity contribution < 1.29 is 4.74 Å². The third-order valence-electron chi connectivity index (χ3n) is 7.43. The third-order valence-corrected chi connectivity index (χ3v) is 7.74. The van der Waals surface area contributed by atoms with Crippen molar-refractivity contribution in [2.24, 2.45) is 0 Å². The molecule has 0 bridgehead atoms. The molecule has 0 radical (unpaired) electrons. The van der Waals surface area contributed by atoms with Gasteiger partial charge in [-0.25, -0.2) is 0 Å². The van der Waals surface area contributed by atoms with Crippen molar-refractivity contribution in [1.29, 1.82) is 0 Å². The molecule has 0 amide bonds. The molecule has 1 saturated carbocycles. The second kappa shape index (κ2) is 9.39. The van der Waals surface area contributed by atoms with E-state index in [4.69, 9.17) is 17.0 Å². The largest absolute Gasteiger partial charge is 0.378 e. The van der Waals surface area contributed by atoms with Gasteiger partial charge >= 0.3 is 0 Å². The van der Waals surface area contributed by atoms with Crippen LogP contribution in [0.3, 0.4) is 0 Å². The van der Waals surface area contributed by atoms with E-state index >= 15 is 0 Å². The normalized spacial score (nSPS) is 23.5. The minimum atomic E-state index is -0.00736. The molecule has 0 unspecified atom stereocenters. The lowest BCUT2D eigenvalue weighted by atomic mass is 9.98. The quantitative estimate of drug-likeness (QED) is 0.526. The highest BCUT2D eigenvalue weighted by Crippen LogP contribution is 2.42. The Kier molecular flexibility index (Phi) is 5.97. The average Bonchev–Trinajstić information content (AvgIpc) is 3.65. The number of benzene rings is 1. The summed E-state index contributed by atoms with van der Waals surface area (Å²) in [6.07, 6.45) is 11.6. The number of thiocarbonyl (C=S) groups is 1. The van der Waals surface area contributed by atoms with Gasteiger partial charge in [-0.05, 0) is 73.1 Å². The van der Waals surface area contributed by atoms with E-state index in [0.29, 0.717) is 6.04 Å². The van der Waals surface area contributed by atoms with Gasteiger partial charge in [-0.15, -0.1) is 0 Å². The van der Waals surface area contributed by atoms with E-state index in [0.717, 1.165) is 42.8 Å². The average molecular weight is 474 g/mol. The minimum Gasteiger partial charge on any atom is -0.378 e. The molecule has 3 aromatic rings. The van der Waals surface area contributed by atoms with Crippen LogP contribution in [0.1, 0.15) is 55.1 Å². The Morgan fingerprint density at radius 1 is 0.941 bits per heavy atom. The van der Waals surface area contributed by atoms with E-state index in [2.05, 4.69) is 73.5 Å². The molecule has 2 saturated heterocycles. The van der Waals surface area contributed by atoms with Crippen LogP contribution in [0.25, 0.3) is 0 Å². The van der Waals surface area contributed by atoms with Crippen LogP contribution in [0, 0.1) is 0 Å². The van der Waals surface area contributed by atoms with Crippen molar-refractivity contribution >= 4 is 28.7 Å². The highest BCUT2D eigenvalue weighted by Gasteiger charge is 2.41. The van der Waals surface area contributed by atoms with Gasteiger partial charge in [0, 0.05) is 49.1 Å². The topological polar surface area (TPSA) is 45.6 Å². The molecule has 176 valence electrons. The van der Waals surface area contributed by atoms with E-state index in [1.807, 2.05) is 18.3 Å². The summed E-state index contributed by atoms with van der Waals surface area (Å²) in [6.45, 7) is 3.44. The Bertz CT molecular complexity index is 1120. The molecule has 2 aromatic heterocycles. The fraction of sp³-hybridized carbons (Fsp3) is 0.407. The molecule has 4 heterocycles. The number of morpholine rings is 1. The first-order valence-electron chi connectivity index (χ1n) is 12.4. The second-order valence-corrected chi connectivity index (χ2v) is 9.83. The van der Waals surface area contributed by atoms with E-state index in [1.54, 1.807) is 0 Å². The minimum absolute atomic E-state index is 0.00736. The van der Waals surface area contributed by atoms with Crippen molar-refractivity contribution in [1.82, 2.24) is 14.9 Å². The first-order chi connectivity index (χ1) is 16.8. The zero-order chi connectivity index (χ0) is 22.9. The van der Waals surface area contributed by atoms with Gasteiger partial charge in [0.25, 0.3) is 0 Å². The van der Waals surface area contributed by atoms with Crippen LogP contribution in [0.4, 0.5) is 11.4 Å². The Morgan fingerprint density at radius 3 is 2.44 bits per heavy atom. The maximum Gasteiger partial charge on any atom is 0.174 e. The molecule has 2 aliphatic heterocycles. The highest BCUT2D eigenvalue weighted by molar-refractivity contribution is 7.80. The number of nitrogens with one attached hydrogen (secondary N) is 1. The third kappa shape index (κ3) is 4.07. The maximum absolute atomic E-state index is 5.90. The van der Waals surface area contributed by atoms with E-state index in [1.165, 1.54) is 36.9 Å². The lowest BCUT2D eigenvalue weighted by molar-refractivity contribution is 0.122. The predicted octanol–water partition coefficient (Wildman–Crippen LogP) is 5.01. The van der Waals surface area contributed by atoms with Gasteiger partial charge in [0.15, 0.2) is 5.11 Å². The zero-order valence-electron chi connectivity index (χ0n) is 19.3. The predicted molar refractivity (Wildman–Crippen MR) is 139 cm³/mol. The summed E-state index contributed by atoms with van der Waals surface area (Å²) in [5.41, 5.74) is 4.62. The number of ether oxygens (including phenoxy) is 1. The Morgan fingerprint density at radius 2 is 1.71 bits per heavy atom. The van der Waals surface area contributed by atoms with Gasteiger partial charge in [-0.2, -0.15) is 0 Å². The molecule has 1 N–H and O–H groups in total. The van der Waals surface area contributed by atoms with Crippen molar-refractivity contribution in [3.63, 3.8) is 0 Å². The summed E-state index contributed by atoms with van der Waals surface area (Å²) in [5, 5.41) is 4.33. The van der Waals surface area contributed by atoms with Crippen LogP contribution in [-0.4, -0.2) is 41.0 Å². The molecule has 6 rings (SSSR count). The van der Waals surface area contributed by atoms with Gasteiger partial charge < -0.3 is 24.4 Å². The number of anilines is 2. The van der Waals surface area contributed by atoms with Crippen LogP contribution in [0.15, 0.2) is 67.1 Å². The summed E-state index contributed by atoms with van der Waals surface area (Å²) in [4.78, 5) is 9.33. The van der Waals surface area contributed by atoms with E-state index < -0.39 is 0 Å². The molecule has 34 heavy (non-hydrogen) atoms. The summed E-state index contributed by atoms with van der Waals surface area (Å²) < 4.78 is 7.93. The van der Waals surface area contributed by atoms with Crippen LogP contribution < -0.4 is 15.1 Å². The molecular weight excluding hydrogens is 442 g/mol. The van der Waals surface area contributed by atoms with Crippen LogP contribution in [-0.2, 0) is 4.74 Å². The van der Waals surface area contributed by atoms with E-state index in [9.17, 15) is 0 Å². The second-order valence-electron chi connectivity index (χ2n) is 9.44. The lowest BCUT2D eigenvalue weighted by Crippen LogP contribution is -2.36. The van der Waals surface area contributed by atoms with Gasteiger partial charge in [0.2, 0.25) is 0 Å². The first kappa shape index (κ1) is 21.6. The van der Waals surface area contributed by atoms with Crippen LogP contribution in [0.5, 0.6) is 0 Å². The smallest absolute Gasteiger partial charge is 0.174 e. The fourth-order valence-corrected chi connectivity index (χ4v) is 6.00.